The van der Waals surface area contributed by atoms with Gasteiger partial charge in [0.25, 0.3) is 0 Å². The molecule has 0 radical (unpaired) electrons. The van der Waals surface area contributed by atoms with Crippen LogP contribution >= 0.6 is 24.0 Å². The third-order valence-electron chi connectivity index (χ3n) is 5.81. The second-order valence-electron chi connectivity index (χ2n) is 7.81. The van der Waals surface area contributed by atoms with Gasteiger partial charge < -0.3 is 19.9 Å². The molecule has 2 N–H and O–H groups in total. The van der Waals surface area contributed by atoms with E-state index in [-0.39, 0.29) is 30.1 Å². The monoisotopic (exact) mass is 511 g/mol. The van der Waals surface area contributed by atoms with E-state index in [0.717, 1.165) is 51.7 Å². The van der Waals surface area contributed by atoms with E-state index >= 15 is 0 Å². The number of rotatable bonds is 7. The molecule has 2 aromatic rings. The third-order valence-corrected chi connectivity index (χ3v) is 5.81. The third kappa shape index (κ3) is 5.86. The number of ether oxygens (including phenoxy) is 1. The molecule has 160 valence electrons. The molecule has 0 spiro atoms. The van der Waals surface area contributed by atoms with Crippen LogP contribution in [-0.4, -0.2) is 66.9 Å². The highest BCUT2D eigenvalue weighted by Crippen LogP contribution is 2.22. The molecule has 4 rings (SSSR count). The van der Waals surface area contributed by atoms with Gasteiger partial charge in [-0.2, -0.15) is 0 Å². The van der Waals surface area contributed by atoms with E-state index < -0.39 is 0 Å². The summed E-state index contributed by atoms with van der Waals surface area (Å²) in [6.45, 7) is 8.72. The fraction of sp³-hybridized carbons (Fsp3) is 0.591. The van der Waals surface area contributed by atoms with Crippen molar-refractivity contribution >= 4 is 40.8 Å². The van der Waals surface area contributed by atoms with Crippen molar-refractivity contribution in [3.8, 4) is 0 Å². The Bertz CT molecular complexity index is 792. The molecule has 1 aromatic heterocycles. The Morgan fingerprint density at radius 1 is 1.24 bits per heavy atom. The van der Waals surface area contributed by atoms with Crippen LogP contribution in [0.25, 0.3) is 10.9 Å². The highest BCUT2D eigenvalue weighted by molar-refractivity contribution is 14.0. The van der Waals surface area contributed by atoms with Crippen molar-refractivity contribution in [1.82, 2.24) is 20.1 Å². The lowest BCUT2D eigenvalue weighted by Gasteiger charge is -2.34. The number of halogens is 1. The number of aliphatic imine (C=N–C) groups is 1. The summed E-state index contributed by atoms with van der Waals surface area (Å²) < 4.78 is 8.35. The first-order valence-electron chi connectivity index (χ1n) is 10.7. The summed E-state index contributed by atoms with van der Waals surface area (Å²) in [7, 11) is 0. The van der Waals surface area contributed by atoms with Gasteiger partial charge in [0, 0.05) is 43.9 Å². The lowest BCUT2D eigenvalue weighted by molar-refractivity contribution is -0.0432. The zero-order chi connectivity index (χ0) is 19.2. The molecule has 0 saturated carbocycles. The molecule has 0 amide bonds. The average Bonchev–Trinajstić information content (AvgIpc) is 3.35. The maximum atomic E-state index is 6.03. The van der Waals surface area contributed by atoms with Crippen molar-refractivity contribution in [3.63, 3.8) is 0 Å². The number of hydrogen-bond donors (Lipinski definition) is 2. The van der Waals surface area contributed by atoms with Crippen LogP contribution in [0.3, 0.4) is 0 Å². The van der Waals surface area contributed by atoms with Gasteiger partial charge in [0.15, 0.2) is 5.96 Å². The van der Waals surface area contributed by atoms with Crippen LogP contribution < -0.4 is 10.6 Å². The van der Waals surface area contributed by atoms with Gasteiger partial charge in [-0.15, -0.1) is 24.0 Å². The first-order chi connectivity index (χ1) is 13.8. The lowest BCUT2D eigenvalue weighted by Crippen LogP contribution is -2.47. The van der Waals surface area contributed by atoms with E-state index in [1.807, 2.05) is 0 Å². The van der Waals surface area contributed by atoms with E-state index in [2.05, 4.69) is 63.6 Å². The minimum atomic E-state index is 0. The second-order valence-corrected chi connectivity index (χ2v) is 7.81. The maximum Gasteiger partial charge on any atom is 0.191 e. The largest absolute Gasteiger partial charge is 0.373 e. The molecular weight excluding hydrogens is 477 g/mol. The summed E-state index contributed by atoms with van der Waals surface area (Å²) >= 11 is 0. The minimum absolute atomic E-state index is 0. The molecule has 29 heavy (non-hydrogen) atoms. The predicted octanol–water partition coefficient (Wildman–Crippen LogP) is 3.07. The summed E-state index contributed by atoms with van der Waals surface area (Å²) in [6, 6.07) is 11.4. The van der Waals surface area contributed by atoms with E-state index in [1.165, 1.54) is 30.3 Å². The fourth-order valence-electron chi connectivity index (χ4n) is 4.32. The summed E-state index contributed by atoms with van der Waals surface area (Å²) in [5.74, 6) is 0.895. The molecule has 2 atom stereocenters. The molecule has 0 aliphatic carbocycles. The molecule has 3 heterocycles. The second kappa shape index (κ2) is 11.2. The van der Waals surface area contributed by atoms with Crippen molar-refractivity contribution in [2.75, 3.05) is 39.3 Å². The predicted molar refractivity (Wildman–Crippen MR) is 130 cm³/mol. The van der Waals surface area contributed by atoms with Crippen LogP contribution in [-0.2, 0) is 11.3 Å². The van der Waals surface area contributed by atoms with Crippen molar-refractivity contribution in [2.24, 2.45) is 4.99 Å². The molecule has 2 aliphatic heterocycles. The van der Waals surface area contributed by atoms with Crippen molar-refractivity contribution in [2.45, 2.75) is 44.9 Å². The quantitative estimate of drug-likeness (QED) is 0.260. The van der Waals surface area contributed by atoms with E-state index in [1.54, 1.807) is 0 Å². The SMILES string of the molecule is CCNC(=NCC1CN2CCCC2CO1)NCCCn1ccc2ccccc21.I. The van der Waals surface area contributed by atoms with Crippen LogP contribution in [0.5, 0.6) is 0 Å². The van der Waals surface area contributed by atoms with Gasteiger partial charge in [0.1, 0.15) is 0 Å². The van der Waals surface area contributed by atoms with Crippen molar-refractivity contribution < 1.29 is 4.74 Å². The maximum absolute atomic E-state index is 6.03. The smallest absolute Gasteiger partial charge is 0.191 e. The Kier molecular flexibility index (Phi) is 8.62. The Hall–Kier alpha value is -1.32. The number of hydrogen-bond acceptors (Lipinski definition) is 3. The lowest BCUT2D eigenvalue weighted by atomic mass is 10.2. The first-order valence-corrected chi connectivity index (χ1v) is 10.7. The van der Waals surface area contributed by atoms with Crippen molar-refractivity contribution in [1.29, 1.82) is 0 Å². The Morgan fingerprint density at radius 3 is 3.03 bits per heavy atom. The van der Waals surface area contributed by atoms with Crippen LogP contribution in [0, 0.1) is 0 Å². The van der Waals surface area contributed by atoms with E-state index in [9.17, 15) is 0 Å². The summed E-state index contributed by atoms with van der Waals surface area (Å²) in [5, 5.41) is 8.13. The van der Waals surface area contributed by atoms with E-state index in [4.69, 9.17) is 9.73 Å². The zero-order valence-corrected chi connectivity index (χ0v) is 19.7. The summed E-state index contributed by atoms with van der Waals surface area (Å²) in [6.07, 6.45) is 6.05. The molecule has 7 heteroatoms. The Balaban J connectivity index is 0.00000240. The number of benzene rings is 1. The first kappa shape index (κ1) is 22.4. The number of fused-ring (bicyclic) bond motifs is 2. The van der Waals surface area contributed by atoms with Crippen LogP contribution in [0.15, 0.2) is 41.5 Å². The topological polar surface area (TPSA) is 53.8 Å². The van der Waals surface area contributed by atoms with Gasteiger partial charge in [-0.3, -0.25) is 9.89 Å². The van der Waals surface area contributed by atoms with Gasteiger partial charge in [-0.25, -0.2) is 0 Å². The number of guanidine groups is 1. The highest BCUT2D eigenvalue weighted by Gasteiger charge is 2.31. The standard InChI is InChI=1S/C22H33N5O.HI/c1-2-23-22(25-15-20-16-27-12-5-8-19(27)17-28-20)24-11-6-13-26-14-10-18-7-3-4-9-21(18)26;/h3-4,7,9-10,14,19-20H,2,5-6,8,11-13,15-17H2,1H3,(H2,23,24,25);1H. The zero-order valence-electron chi connectivity index (χ0n) is 17.3. The average molecular weight is 511 g/mol. The van der Waals surface area contributed by atoms with Gasteiger partial charge >= 0.3 is 0 Å². The minimum Gasteiger partial charge on any atom is -0.373 e. The molecule has 0 bridgehead atoms. The number of nitrogens with zero attached hydrogens (tertiary/aromatic N) is 3. The van der Waals surface area contributed by atoms with Crippen LogP contribution in [0.1, 0.15) is 26.2 Å². The molecular formula is C22H34IN5O. The summed E-state index contributed by atoms with van der Waals surface area (Å²) in [5.41, 5.74) is 1.30. The molecule has 2 aliphatic rings. The number of morpholine rings is 1. The molecule has 2 saturated heterocycles. The number of para-hydroxylation sites is 1. The Labute approximate surface area is 191 Å². The normalized spacial score (nSPS) is 22.3. The van der Waals surface area contributed by atoms with Crippen molar-refractivity contribution in [3.05, 3.63) is 36.5 Å². The molecule has 6 nitrogen and oxygen atoms in total. The van der Waals surface area contributed by atoms with Crippen LogP contribution in [0.4, 0.5) is 0 Å². The number of aromatic nitrogens is 1. The van der Waals surface area contributed by atoms with E-state index in [0.29, 0.717) is 6.04 Å². The van der Waals surface area contributed by atoms with Gasteiger partial charge in [0.05, 0.1) is 19.3 Å². The number of nitrogens with one attached hydrogen (secondary N) is 2. The fourth-order valence-corrected chi connectivity index (χ4v) is 4.32. The van der Waals surface area contributed by atoms with Gasteiger partial charge in [-0.1, -0.05) is 18.2 Å². The molecule has 2 unspecified atom stereocenters. The molecule has 2 fully saturated rings. The highest BCUT2D eigenvalue weighted by atomic mass is 127. The molecule has 1 aromatic carbocycles. The Morgan fingerprint density at radius 2 is 2.14 bits per heavy atom. The van der Waals surface area contributed by atoms with Crippen LogP contribution in [0.2, 0.25) is 0 Å². The summed E-state index contributed by atoms with van der Waals surface area (Å²) in [4.78, 5) is 7.35. The van der Waals surface area contributed by atoms with Gasteiger partial charge in [0.2, 0.25) is 0 Å². The number of aryl methyl sites for hydroxylation is 1. The van der Waals surface area contributed by atoms with Gasteiger partial charge in [-0.05, 0) is 50.2 Å².